The molecule has 0 bridgehead atoms. The maximum Gasteiger partial charge on any atom is 0.111 e. The summed E-state index contributed by atoms with van der Waals surface area (Å²) in [5, 5.41) is 9.17. The Hall–Kier alpha value is -0.830. The van der Waals surface area contributed by atoms with Gasteiger partial charge in [0.1, 0.15) is 5.82 Å². The number of nitrogens with zero attached hydrogens (tertiary/aromatic N) is 1. The lowest BCUT2D eigenvalue weighted by atomic mass is 9.96. The van der Waals surface area contributed by atoms with Crippen LogP contribution in [0.5, 0.6) is 0 Å². The van der Waals surface area contributed by atoms with Gasteiger partial charge in [0.2, 0.25) is 0 Å². The molecule has 1 heterocycles. The second kappa shape index (κ2) is 4.42. The summed E-state index contributed by atoms with van der Waals surface area (Å²) in [5.74, 6) is 1.47. The van der Waals surface area contributed by atoms with Gasteiger partial charge < -0.3 is 10.1 Å². The zero-order valence-corrected chi connectivity index (χ0v) is 8.54. The van der Waals surface area contributed by atoms with Crippen LogP contribution in [0.3, 0.4) is 0 Å². The first-order valence-electron chi connectivity index (χ1n) is 4.83. The van der Waals surface area contributed by atoms with E-state index in [1.54, 1.807) is 0 Å². The minimum atomic E-state index is 0.139. The Balaban J connectivity index is 2.79. The van der Waals surface area contributed by atoms with Gasteiger partial charge >= 0.3 is 0 Å². The van der Waals surface area contributed by atoms with E-state index in [-0.39, 0.29) is 12.5 Å². The molecule has 3 heteroatoms. The number of aromatic nitrogens is 2. The number of rotatable bonds is 4. The first-order valence-corrected chi connectivity index (χ1v) is 4.83. The van der Waals surface area contributed by atoms with Crippen molar-refractivity contribution in [3.05, 3.63) is 17.7 Å². The highest BCUT2D eigenvalue weighted by molar-refractivity contribution is 5.06. The highest BCUT2D eigenvalue weighted by Gasteiger charge is 2.17. The summed E-state index contributed by atoms with van der Waals surface area (Å²) in [4.78, 5) is 7.49. The molecule has 74 valence electrons. The van der Waals surface area contributed by atoms with Crippen LogP contribution >= 0.6 is 0 Å². The molecule has 1 aromatic rings. The van der Waals surface area contributed by atoms with Crippen LogP contribution in [0.25, 0.3) is 0 Å². The standard InChI is InChI=1S/C10H18N2O/c1-4-8-5-11-10(12-8)9(6-13)7(2)3/h5,7,9,13H,4,6H2,1-3H3,(H,11,12). The van der Waals surface area contributed by atoms with Gasteiger partial charge in [0.05, 0.1) is 6.61 Å². The Labute approximate surface area is 79.2 Å². The van der Waals surface area contributed by atoms with Crippen molar-refractivity contribution in [3.63, 3.8) is 0 Å². The van der Waals surface area contributed by atoms with Crippen molar-refractivity contribution in [3.8, 4) is 0 Å². The van der Waals surface area contributed by atoms with Gasteiger partial charge in [0.15, 0.2) is 0 Å². The van der Waals surface area contributed by atoms with Crippen molar-refractivity contribution in [1.29, 1.82) is 0 Å². The maximum absolute atomic E-state index is 9.17. The molecule has 0 aromatic carbocycles. The molecule has 0 aliphatic carbocycles. The smallest absolute Gasteiger partial charge is 0.111 e. The van der Waals surface area contributed by atoms with Crippen LogP contribution in [-0.2, 0) is 6.42 Å². The topological polar surface area (TPSA) is 48.9 Å². The highest BCUT2D eigenvalue weighted by atomic mass is 16.3. The van der Waals surface area contributed by atoms with Crippen molar-refractivity contribution >= 4 is 0 Å². The van der Waals surface area contributed by atoms with Crippen LogP contribution in [0.1, 0.15) is 38.2 Å². The van der Waals surface area contributed by atoms with E-state index in [1.807, 2.05) is 6.20 Å². The molecular weight excluding hydrogens is 164 g/mol. The number of aliphatic hydroxyl groups is 1. The lowest BCUT2D eigenvalue weighted by Crippen LogP contribution is -2.12. The quantitative estimate of drug-likeness (QED) is 0.744. The summed E-state index contributed by atoms with van der Waals surface area (Å²) in [6, 6.07) is 0. The summed E-state index contributed by atoms with van der Waals surface area (Å²) in [6.07, 6.45) is 2.81. The summed E-state index contributed by atoms with van der Waals surface area (Å²) in [7, 11) is 0. The normalized spacial score (nSPS) is 13.6. The molecule has 2 N–H and O–H groups in total. The molecule has 1 unspecified atom stereocenters. The van der Waals surface area contributed by atoms with E-state index in [0.717, 1.165) is 17.9 Å². The average molecular weight is 182 g/mol. The molecule has 0 fully saturated rings. The van der Waals surface area contributed by atoms with E-state index in [4.69, 9.17) is 0 Å². The molecule has 0 radical (unpaired) electrons. The van der Waals surface area contributed by atoms with Crippen LogP contribution in [0.4, 0.5) is 0 Å². The van der Waals surface area contributed by atoms with Crippen LogP contribution in [0.2, 0.25) is 0 Å². The van der Waals surface area contributed by atoms with Gasteiger partial charge in [-0.2, -0.15) is 0 Å². The first-order chi connectivity index (χ1) is 6.19. The molecule has 0 saturated heterocycles. The molecule has 0 aliphatic heterocycles. The van der Waals surface area contributed by atoms with E-state index in [9.17, 15) is 5.11 Å². The molecule has 0 spiro atoms. The largest absolute Gasteiger partial charge is 0.396 e. The second-order valence-corrected chi connectivity index (χ2v) is 3.68. The Bertz CT molecular complexity index is 255. The number of hydrogen-bond donors (Lipinski definition) is 2. The lowest BCUT2D eigenvalue weighted by Gasteiger charge is -2.14. The van der Waals surface area contributed by atoms with Crippen molar-refractivity contribution < 1.29 is 5.11 Å². The van der Waals surface area contributed by atoms with Crippen molar-refractivity contribution in [2.45, 2.75) is 33.1 Å². The SMILES string of the molecule is CCc1cnc(C(CO)C(C)C)[nH]1. The molecule has 1 rings (SSSR count). The van der Waals surface area contributed by atoms with Gasteiger partial charge in [-0.05, 0) is 12.3 Å². The molecule has 13 heavy (non-hydrogen) atoms. The van der Waals surface area contributed by atoms with E-state index >= 15 is 0 Å². The Morgan fingerprint density at radius 1 is 1.54 bits per heavy atom. The first kappa shape index (κ1) is 10.3. The fourth-order valence-corrected chi connectivity index (χ4v) is 1.36. The highest BCUT2D eigenvalue weighted by Crippen LogP contribution is 2.20. The molecule has 1 atom stereocenters. The molecule has 0 aliphatic rings. The number of imidazole rings is 1. The summed E-state index contributed by atoms with van der Waals surface area (Å²) >= 11 is 0. The van der Waals surface area contributed by atoms with Gasteiger partial charge in [-0.25, -0.2) is 4.98 Å². The van der Waals surface area contributed by atoms with E-state index < -0.39 is 0 Å². The maximum atomic E-state index is 9.17. The van der Waals surface area contributed by atoms with Crippen LogP contribution in [-0.4, -0.2) is 21.7 Å². The number of aliphatic hydroxyl groups excluding tert-OH is 1. The van der Waals surface area contributed by atoms with Crippen LogP contribution in [0.15, 0.2) is 6.20 Å². The minimum absolute atomic E-state index is 0.139. The predicted octanol–water partition coefficient (Wildman–Crippen LogP) is 1.70. The third kappa shape index (κ3) is 2.31. The lowest BCUT2D eigenvalue weighted by molar-refractivity contribution is 0.232. The summed E-state index contributed by atoms with van der Waals surface area (Å²) < 4.78 is 0. The molecule has 0 saturated carbocycles. The van der Waals surface area contributed by atoms with Crippen molar-refractivity contribution in [2.24, 2.45) is 5.92 Å². The van der Waals surface area contributed by atoms with Gasteiger partial charge in [-0.1, -0.05) is 20.8 Å². The van der Waals surface area contributed by atoms with Gasteiger partial charge in [0.25, 0.3) is 0 Å². The van der Waals surface area contributed by atoms with E-state index in [0.29, 0.717) is 5.92 Å². The Morgan fingerprint density at radius 2 is 2.23 bits per heavy atom. The number of aryl methyl sites for hydroxylation is 1. The minimum Gasteiger partial charge on any atom is -0.396 e. The third-order valence-electron chi connectivity index (χ3n) is 2.38. The molecular formula is C10H18N2O. The van der Waals surface area contributed by atoms with Gasteiger partial charge in [0, 0.05) is 17.8 Å². The summed E-state index contributed by atoms with van der Waals surface area (Å²) in [6.45, 7) is 6.43. The summed E-state index contributed by atoms with van der Waals surface area (Å²) in [5.41, 5.74) is 1.13. The molecule has 0 amide bonds. The fraction of sp³-hybridized carbons (Fsp3) is 0.700. The predicted molar refractivity (Wildman–Crippen MR) is 52.6 cm³/mol. The Kier molecular flexibility index (Phi) is 3.48. The van der Waals surface area contributed by atoms with Crippen LogP contribution < -0.4 is 0 Å². The number of aromatic amines is 1. The second-order valence-electron chi connectivity index (χ2n) is 3.68. The zero-order chi connectivity index (χ0) is 9.84. The molecule has 3 nitrogen and oxygen atoms in total. The van der Waals surface area contributed by atoms with Crippen molar-refractivity contribution in [2.75, 3.05) is 6.61 Å². The molecule has 1 aromatic heterocycles. The Morgan fingerprint density at radius 3 is 2.62 bits per heavy atom. The van der Waals surface area contributed by atoms with E-state index in [2.05, 4.69) is 30.7 Å². The number of H-pyrrole nitrogens is 1. The van der Waals surface area contributed by atoms with Crippen molar-refractivity contribution in [1.82, 2.24) is 9.97 Å². The van der Waals surface area contributed by atoms with Crippen LogP contribution in [0, 0.1) is 5.92 Å². The van der Waals surface area contributed by atoms with E-state index in [1.165, 1.54) is 0 Å². The third-order valence-corrected chi connectivity index (χ3v) is 2.38. The monoisotopic (exact) mass is 182 g/mol. The van der Waals surface area contributed by atoms with Gasteiger partial charge in [-0.15, -0.1) is 0 Å². The number of hydrogen-bond acceptors (Lipinski definition) is 2. The number of nitrogens with one attached hydrogen (secondary N) is 1. The average Bonchev–Trinajstić information content (AvgIpc) is 2.53. The zero-order valence-electron chi connectivity index (χ0n) is 8.54. The van der Waals surface area contributed by atoms with Gasteiger partial charge in [-0.3, -0.25) is 0 Å². The fourth-order valence-electron chi connectivity index (χ4n) is 1.36.